The van der Waals surface area contributed by atoms with Gasteiger partial charge in [-0.1, -0.05) is 0 Å². The van der Waals surface area contributed by atoms with Crippen LogP contribution in [0, 0.1) is 0 Å². The predicted octanol–water partition coefficient (Wildman–Crippen LogP) is -0.621. The normalized spacial score (nSPS) is 0. The first-order valence-corrected chi connectivity index (χ1v) is 0. The summed E-state index contributed by atoms with van der Waals surface area (Å²) in [6, 6.07) is 0. The molecule has 0 heterocycles. The van der Waals surface area contributed by atoms with Gasteiger partial charge in [-0.25, -0.2) is 0 Å². The molecule has 0 N–H and O–H groups in total. The van der Waals surface area contributed by atoms with E-state index in [1.54, 1.807) is 0 Å². The fourth-order valence-corrected chi connectivity index (χ4v) is 0. The van der Waals surface area contributed by atoms with Gasteiger partial charge in [-0.05, 0) is 0 Å². The van der Waals surface area contributed by atoms with Gasteiger partial charge in [0.05, 0.1) is 0 Å². The molecular formula is FeO2Sr. The molecule has 0 aromatic carbocycles. The molecule has 0 aromatic rings. The summed E-state index contributed by atoms with van der Waals surface area (Å²) >= 11 is 0. The smallest absolute Gasteiger partial charge is 2.00 e. The summed E-state index contributed by atoms with van der Waals surface area (Å²) in [4.78, 5) is 0. The molecule has 0 aliphatic rings. The first-order valence-electron chi connectivity index (χ1n) is 0. The second-order valence-electron chi connectivity index (χ2n) is 0. The molecule has 4 heavy (non-hydrogen) atoms. The summed E-state index contributed by atoms with van der Waals surface area (Å²) in [5.74, 6) is 0. The third-order valence-electron chi connectivity index (χ3n) is 0. The Balaban J connectivity index is 0. The molecular weight excluding hydrogens is 175 g/mol. The van der Waals surface area contributed by atoms with Crippen LogP contribution in [0.2, 0.25) is 0 Å². The van der Waals surface area contributed by atoms with Crippen LogP contribution in [-0.2, 0) is 28.0 Å². The van der Waals surface area contributed by atoms with E-state index < -0.39 is 0 Å². The fourth-order valence-electron chi connectivity index (χ4n) is 0. The Morgan fingerprint density at radius 3 is 0.750 bits per heavy atom. The Kier molecular flexibility index (Phi) is 199. The second-order valence-corrected chi connectivity index (χ2v) is 0. The summed E-state index contributed by atoms with van der Waals surface area (Å²) < 4.78 is 0. The SMILES string of the molecule is [Fe+2].[O-2].[O-2].[Sr+2]. The van der Waals surface area contributed by atoms with Crippen LogP contribution in [0.25, 0.3) is 0 Å². The fraction of sp³-hybridized carbons (Fsp3) is 0. The second kappa shape index (κ2) is 20.5. The van der Waals surface area contributed by atoms with Gasteiger partial charge in [0.1, 0.15) is 0 Å². The van der Waals surface area contributed by atoms with E-state index in [-0.39, 0.29) is 73.5 Å². The van der Waals surface area contributed by atoms with E-state index in [0.717, 1.165) is 0 Å². The largest absolute Gasteiger partial charge is 2.00 e. The van der Waals surface area contributed by atoms with Crippen LogP contribution in [0.4, 0.5) is 0 Å². The summed E-state index contributed by atoms with van der Waals surface area (Å²) in [6.45, 7) is 0. The third kappa shape index (κ3) is 9.07. The topological polar surface area (TPSA) is 57.0 Å². The molecule has 0 spiro atoms. The van der Waals surface area contributed by atoms with Crippen molar-refractivity contribution < 1.29 is 28.0 Å². The van der Waals surface area contributed by atoms with E-state index in [1.807, 2.05) is 0 Å². The first kappa shape index (κ1) is 38.9. The van der Waals surface area contributed by atoms with Gasteiger partial charge >= 0.3 is 62.6 Å². The molecule has 0 radical (unpaired) electrons. The molecule has 0 bridgehead atoms. The Bertz CT molecular complexity index is 6.00. The van der Waals surface area contributed by atoms with Crippen LogP contribution in [0.15, 0.2) is 0 Å². The Hall–Kier alpha value is 1.92. The van der Waals surface area contributed by atoms with Gasteiger partial charge < -0.3 is 11.0 Å². The van der Waals surface area contributed by atoms with Crippen molar-refractivity contribution in [3.63, 3.8) is 0 Å². The predicted molar refractivity (Wildman–Crippen MR) is 7.13 cm³/mol. The maximum Gasteiger partial charge on any atom is 2.00 e. The Morgan fingerprint density at radius 2 is 0.750 bits per heavy atom. The van der Waals surface area contributed by atoms with Crippen LogP contribution >= 0.6 is 0 Å². The number of rotatable bonds is 0. The third-order valence-corrected chi connectivity index (χ3v) is 0. The van der Waals surface area contributed by atoms with E-state index >= 15 is 0 Å². The summed E-state index contributed by atoms with van der Waals surface area (Å²) in [7, 11) is 0. The first-order chi connectivity index (χ1) is 0. The zero-order valence-corrected chi connectivity index (χ0v) is 6.46. The molecule has 0 aromatic heterocycles. The maximum absolute atomic E-state index is 0. The molecule has 0 fully saturated rings. The van der Waals surface area contributed by atoms with E-state index in [0.29, 0.717) is 0 Å². The Labute approximate surface area is 72.3 Å². The van der Waals surface area contributed by atoms with Crippen molar-refractivity contribution in [3.05, 3.63) is 0 Å². The van der Waals surface area contributed by atoms with Crippen molar-refractivity contribution in [2.45, 2.75) is 0 Å². The molecule has 0 amide bonds. The number of hydrogen-bond acceptors (Lipinski definition) is 0. The van der Waals surface area contributed by atoms with Gasteiger partial charge in [0.15, 0.2) is 0 Å². The van der Waals surface area contributed by atoms with Crippen LogP contribution in [0.1, 0.15) is 0 Å². The zero-order valence-electron chi connectivity index (χ0n) is 1.88. The quantitative estimate of drug-likeness (QED) is 0.441. The zero-order chi connectivity index (χ0) is 0. The molecule has 0 saturated heterocycles. The minimum absolute atomic E-state index is 0. The van der Waals surface area contributed by atoms with Crippen molar-refractivity contribution in [1.82, 2.24) is 0 Å². The molecule has 2 nitrogen and oxygen atoms in total. The van der Waals surface area contributed by atoms with Gasteiger partial charge in [-0.2, -0.15) is 0 Å². The van der Waals surface area contributed by atoms with Gasteiger partial charge in [0.2, 0.25) is 0 Å². The van der Waals surface area contributed by atoms with Crippen LogP contribution in [-0.4, -0.2) is 45.5 Å². The van der Waals surface area contributed by atoms with Crippen LogP contribution in [0.3, 0.4) is 0 Å². The molecule has 22 valence electrons. The Morgan fingerprint density at radius 1 is 0.750 bits per heavy atom. The minimum Gasteiger partial charge on any atom is -2.00 e. The van der Waals surface area contributed by atoms with E-state index in [4.69, 9.17) is 0 Å². The molecule has 0 atom stereocenters. The molecule has 0 aliphatic heterocycles. The van der Waals surface area contributed by atoms with E-state index in [1.165, 1.54) is 0 Å². The molecule has 0 aliphatic carbocycles. The standard InChI is InChI=1S/Fe.2O.Sr/q+2;2*-2;+2. The van der Waals surface area contributed by atoms with Gasteiger partial charge in [0.25, 0.3) is 0 Å². The van der Waals surface area contributed by atoms with E-state index in [9.17, 15) is 0 Å². The van der Waals surface area contributed by atoms with Crippen molar-refractivity contribution in [3.8, 4) is 0 Å². The summed E-state index contributed by atoms with van der Waals surface area (Å²) in [6.07, 6.45) is 0. The molecule has 0 unspecified atom stereocenters. The molecule has 0 rings (SSSR count). The van der Waals surface area contributed by atoms with Crippen molar-refractivity contribution >= 4 is 45.5 Å². The number of hydrogen-bond donors (Lipinski definition) is 0. The van der Waals surface area contributed by atoms with Gasteiger partial charge in [-0.15, -0.1) is 0 Å². The average molecular weight is 175 g/mol. The average Bonchev–Trinajstić information content (AvgIpc) is 0. The van der Waals surface area contributed by atoms with Gasteiger partial charge in [0, 0.05) is 0 Å². The monoisotopic (exact) mass is 176 g/mol. The van der Waals surface area contributed by atoms with Crippen molar-refractivity contribution in [1.29, 1.82) is 0 Å². The van der Waals surface area contributed by atoms with E-state index in [2.05, 4.69) is 0 Å². The minimum atomic E-state index is 0. The van der Waals surface area contributed by atoms with Crippen molar-refractivity contribution in [2.24, 2.45) is 0 Å². The van der Waals surface area contributed by atoms with Crippen LogP contribution < -0.4 is 0 Å². The van der Waals surface area contributed by atoms with Crippen molar-refractivity contribution in [2.75, 3.05) is 0 Å². The molecule has 4 heteroatoms. The summed E-state index contributed by atoms with van der Waals surface area (Å²) in [5, 5.41) is 0. The van der Waals surface area contributed by atoms with Gasteiger partial charge in [-0.3, -0.25) is 0 Å². The summed E-state index contributed by atoms with van der Waals surface area (Å²) in [5.41, 5.74) is 0. The molecule has 0 saturated carbocycles. The maximum atomic E-state index is 0. The van der Waals surface area contributed by atoms with Crippen LogP contribution in [0.5, 0.6) is 0 Å².